The van der Waals surface area contributed by atoms with E-state index >= 15 is 0 Å². The number of nitrogens with zero attached hydrogens (tertiary/aromatic N) is 1. The van der Waals surface area contributed by atoms with E-state index in [1.807, 2.05) is 18.7 Å². The lowest BCUT2D eigenvalue weighted by atomic mass is 9.98. The summed E-state index contributed by atoms with van der Waals surface area (Å²) >= 11 is 0. The summed E-state index contributed by atoms with van der Waals surface area (Å²) in [5.74, 6) is -0.0542. The fraction of sp³-hybridized carbons (Fsp3) is 0.462. The molecule has 1 aromatic carbocycles. The van der Waals surface area contributed by atoms with Gasteiger partial charge in [0.1, 0.15) is 5.75 Å². The molecule has 92 valence electrons. The molecule has 1 fully saturated rings. The van der Waals surface area contributed by atoms with E-state index in [1.54, 1.807) is 24.3 Å². The molecule has 0 aliphatic carbocycles. The number of carbonyl (C=O) groups is 1. The van der Waals surface area contributed by atoms with Crippen LogP contribution in [-0.2, 0) is 0 Å². The third-order valence-corrected chi connectivity index (χ3v) is 3.18. The zero-order valence-electron chi connectivity index (χ0n) is 10.2. The number of hydrogen-bond donors (Lipinski definition) is 2. The van der Waals surface area contributed by atoms with Crippen LogP contribution in [0.25, 0.3) is 0 Å². The van der Waals surface area contributed by atoms with Crippen molar-refractivity contribution in [1.29, 1.82) is 0 Å². The second kappa shape index (κ2) is 4.37. The van der Waals surface area contributed by atoms with Crippen molar-refractivity contribution in [2.45, 2.75) is 19.4 Å². The summed E-state index contributed by atoms with van der Waals surface area (Å²) < 4.78 is 0. The largest absolute Gasteiger partial charge is 0.507 e. The van der Waals surface area contributed by atoms with Crippen molar-refractivity contribution in [1.82, 2.24) is 10.2 Å². The maximum absolute atomic E-state index is 12.4. The molecule has 1 saturated heterocycles. The summed E-state index contributed by atoms with van der Waals surface area (Å²) in [5.41, 5.74) is 0.153. The summed E-state index contributed by atoms with van der Waals surface area (Å²) in [6.45, 7) is 6.28. The van der Waals surface area contributed by atoms with E-state index in [0.717, 1.165) is 13.1 Å². The van der Waals surface area contributed by atoms with E-state index in [4.69, 9.17) is 0 Å². The Morgan fingerprint density at radius 1 is 1.41 bits per heavy atom. The molecule has 1 amide bonds. The number of carbonyl (C=O) groups excluding carboxylic acids is 1. The highest BCUT2D eigenvalue weighted by Gasteiger charge is 2.34. The molecule has 4 heteroatoms. The molecule has 1 heterocycles. The Hall–Kier alpha value is -1.55. The van der Waals surface area contributed by atoms with E-state index in [9.17, 15) is 9.90 Å². The number of amides is 1. The van der Waals surface area contributed by atoms with Crippen LogP contribution >= 0.6 is 0 Å². The molecule has 0 spiro atoms. The zero-order valence-corrected chi connectivity index (χ0v) is 10.2. The first-order chi connectivity index (χ1) is 8.02. The fourth-order valence-electron chi connectivity index (χ4n) is 2.16. The highest BCUT2D eigenvalue weighted by Crippen LogP contribution is 2.23. The smallest absolute Gasteiger partial charge is 0.258 e. The quantitative estimate of drug-likeness (QED) is 0.768. The Morgan fingerprint density at radius 3 is 2.76 bits per heavy atom. The van der Waals surface area contributed by atoms with Gasteiger partial charge in [-0.1, -0.05) is 12.1 Å². The number of hydrogen-bond acceptors (Lipinski definition) is 3. The number of benzene rings is 1. The number of phenols is 1. The summed E-state index contributed by atoms with van der Waals surface area (Å²) in [7, 11) is 0. The number of aromatic hydroxyl groups is 1. The third-order valence-electron chi connectivity index (χ3n) is 3.18. The Labute approximate surface area is 101 Å². The first-order valence-corrected chi connectivity index (χ1v) is 5.83. The van der Waals surface area contributed by atoms with Gasteiger partial charge in [0.15, 0.2) is 0 Å². The molecular weight excluding hydrogens is 216 g/mol. The first-order valence-electron chi connectivity index (χ1n) is 5.83. The van der Waals surface area contributed by atoms with Crippen molar-refractivity contribution < 1.29 is 9.90 Å². The van der Waals surface area contributed by atoms with Crippen LogP contribution in [0.4, 0.5) is 0 Å². The van der Waals surface area contributed by atoms with E-state index in [-0.39, 0.29) is 17.2 Å². The normalized spacial score (nSPS) is 19.1. The molecule has 17 heavy (non-hydrogen) atoms. The molecule has 0 aromatic heterocycles. The van der Waals surface area contributed by atoms with Gasteiger partial charge in [-0.15, -0.1) is 0 Å². The first kappa shape index (κ1) is 11.9. The summed E-state index contributed by atoms with van der Waals surface area (Å²) in [6, 6.07) is 6.69. The van der Waals surface area contributed by atoms with Crippen LogP contribution in [0.3, 0.4) is 0 Å². The Kier molecular flexibility index (Phi) is 3.07. The van der Waals surface area contributed by atoms with Gasteiger partial charge < -0.3 is 15.3 Å². The lowest BCUT2D eigenvalue weighted by Gasteiger charge is -2.42. The van der Waals surface area contributed by atoms with Gasteiger partial charge >= 0.3 is 0 Å². The molecule has 1 aromatic rings. The van der Waals surface area contributed by atoms with Crippen LogP contribution in [0.5, 0.6) is 5.75 Å². The monoisotopic (exact) mass is 234 g/mol. The van der Waals surface area contributed by atoms with Gasteiger partial charge in [-0.25, -0.2) is 0 Å². The molecular formula is C13H18N2O2. The van der Waals surface area contributed by atoms with Crippen molar-refractivity contribution in [2.75, 3.05) is 19.6 Å². The van der Waals surface area contributed by atoms with Gasteiger partial charge in [0.2, 0.25) is 0 Å². The minimum absolute atomic E-state index is 0.0480. The Bertz CT molecular complexity index is 429. The number of nitrogens with one attached hydrogen (secondary N) is 1. The molecule has 0 radical (unpaired) electrons. The topological polar surface area (TPSA) is 52.6 Å². The molecule has 4 nitrogen and oxygen atoms in total. The lowest BCUT2D eigenvalue weighted by molar-refractivity contribution is 0.0474. The van der Waals surface area contributed by atoms with E-state index in [0.29, 0.717) is 12.1 Å². The number of phenolic OH excluding ortho intramolecular Hbond substituents is 1. The van der Waals surface area contributed by atoms with Crippen molar-refractivity contribution >= 4 is 5.91 Å². The molecule has 0 bridgehead atoms. The maximum Gasteiger partial charge on any atom is 0.258 e. The predicted octanol–water partition coefficient (Wildman–Crippen LogP) is 1.22. The number of piperazine rings is 1. The van der Waals surface area contributed by atoms with E-state index in [1.165, 1.54) is 0 Å². The van der Waals surface area contributed by atoms with Crippen molar-refractivity contribution in [3.63, 3.8) is 0 Å². The second-order valence-electron chi connectivity index (χ2n) is 4.96. The summed E-state index contributed by atoms with van der Waals surface area (Å²) in [4.78, 5) is 14.2. The predicted molar refractivity (Wildman–Crippen MR) is 66.1 cm³/mol. The minimum Gasteiger partial charge on any atom is -0.507 e. The molecule has 2 N–H and O–H groups in total. The second-order valence-corrected chi connectivity index (χ2v) is 4.96. The van der Waals surface area contributed by atoms with Crippen LogP contribution in [0, 0.1) is 0 Å². The SMILES string of the molecule is CC1(C)CNCCN1C(=O)c1ccccc1O. The van der Waals surface area contributed by atoms with Gasteiger partial charge in [0.25, 0.3) is 5.91 Å². The van der Waals surface area contributed by atoms with Crippen molar-refractivity contribution in [3.8, 4) is 5.75 Å². The van der Waals surface area contributed by atoms with Crippen LogP contribution < -0.4 is 5.32 Å². The third kappa shape index (κ3) is 2.26. The maximum atomic E-state index is 12.4. The molecule has 0 unspecified atom stereocenters. The Morgan fingerprint density at radius 2 is 2.12 bits per heavy atom. The standard InChI is InChI=1S/C13H18N2O2/c1-13(2)9-14-7-8-15(13)12(17)10-5-3-4-6-11(10)16/h3-6,14,16H,7-9H2,1-2H3. The molecule has 0 atom stereocenters. The van der Waals surface area contributed by atoms with Gasteiger partial charge in [-0.05, 0) is 26.0 Å². The van der Waals surface area contributed by atoms with Gasteiger partial charge in [-0.3, -0.25) is 4.79 Å². The summed E-state index contributed by atoms with van der Waals surface area (Å²) in [6.07, 6.45) is 0. The van der Waals surface area contributed by atoms with Crippen LogP contribution in [0.15, 0.2) is 24.3 Å². The average Bonchev–Trinajstić information content (AvgIpc) is 2.28. The Balaban J connectivity index is 2.28. The zero-order chi connectivity index (χ0) is 12.5. The number of para-hydroxylation sites is 1. The molecule has 0 saturated carbocycles. The molecule has 1 aliphatic rings. The van der Waals surface area contributed by atoms with Gasteiger partial charge in [0.05, 0.1) is 11.1 Å². The van der Waals surface area contributed by atoms with Crippen LogP contribution in [-0.4, -0.2) is 41.1 Å². The number of rotatable bonds is 1. The molecule has 2 rings (SSSR count). The highest BCUT2D eigenvalue weighted by molar-refractivity contribution is 5.97. The highest BCUT2D eigenvalue weighted by atomic mass is 16.3. The van der Waals surface area contributed by atoms with E-state index < -0.39 is 0 Å². The summed E-state index contributed by atoms with van der Waals surface area (Å²) in [5, 5.41) is 13.0. The minimum atomic E-state index is -0.225. The van der Waals surface area contributed by atoms with Crippen molar-refractivity contribution in [3.05, 3.63) is 29.8 Å². The van der Waals surface area contributed by atoms with E-state index in [2.05, 4.69) is 5.32 Å². The van der Waals surface area contributed by atoms with Gasteiger partial charge in [0, 0.05) is 19.6 Å². The fourth-order valence-corrected chi connectivity index (χ4v) is 2.16. The van der Waals surface area contributed by atoms with Crippen molar-refractivity contribution in [2.24, 2.45) is 0 Å². The average molecular weight is 234 g/mol. The van der Waals surface area contributed by atoms with Crippen LogP contribution in [0.2, 0.25) is 0 Å². The molecule has 1 aliphatic heterocycles. The van der Waals surface area contributed by atoms with Crippen LogP contribution in [0.1, 0.15) is 24.2 Å². The lowest BCUT2D eigenvalue weighted by Crippen LogP contribution is -2.59. The van der Waals surface area contributed by atoms with Gasteiger partial charge in [-0.2, -0.15) is 0 Å².